The number of amides is 3. The molecule has 1 aromatic heterocycles. The van der Waals surface area contributed by atoms with E-state index in [0.29, 0.717) is 38.0 Å². The molecule has 2 fully saturated rings. The summed E-state index contributed by atoms with van der Waals surface area (Å²) in [7, 11) is 0. The van der Waals surface area contributed by atoms with E-state index in [1.54, 1.807) is 30.2 Å². The molecule has 2 atom stereocenters. The Hall–Kier alpha value is -3.55. The van der Waals surface area contributed by atoms with Crippen LogP contribution in [0.5, 0.6) is 0 Å². The Kier molecular flexibility index (Phi) is 7.58. The van der Waals surface area contributed by atoms with Gasteiger partial charge >= 0.3 is 5.97 Å². The van der Waals surface area contributed by atoms with Gasteiger partial charge in [0, 0.05) is 50.8 Å². The van der Waals surface area contributed by atoms with Crippen LogP contribution in [0.1, 0.15) is 43.9 Å². The molecule has 8 nitrogen and oxygen atoms in total. The second-order valence-electron chi connectivity index (χ2n) is 9.15. The number of hydrogen-bond acceptors (Lipinski definition) is 6. The second kappa shape index (κ2) is 10.8. The van der Waals surface area contributed by atoms with E-state index in [4.69, 9.17) is 4.74 Å². The number of rotatable bonds is 8. The van der Waals surface area contributed by atoms with Crippen molar-refractivity contribution in [2.24, 2.45) is 5.92 Å². The van der Waals surface area contributed by atoms with Crippen molar-refractivity contribution in [3.05, 3.63) is 66.0 Å². The van der Waals surface area contributed by atoms with Crippen molar-refractivity contribution >= 4 is 23.7 Å². The van der Waals surface area contributed by atoms with Gasteiger partial charge in [0.05, 0.1) is 17.9 Å². The molecule has 1 aromatic carbocycles. The van der Waals surface area contributed by atoms with Crippen molar-refractivity contribution in [3.63, 3.8) is 0 Å². The summed E-state index contributed by atoms with van der Waals surface area (Å²) in [5, 5.41) is 0. The number of pyridine rings is 1. The van der Waals surface area contributed by atoms with Crippen LogP contribution in [-0.4, -0.2) is 64.7 Å². The van der Waals surface area contributed by atoms with Gasteiger partial charge in [-0.05, 0) is 37.5 Å². The number of benzene rings is 1. The van der Waals surface area contributed by atoms with Gasteiger partial charge in [-0.2, -0.15) is 0 Å². The molecule has 35 heavy (non-hydrogen) atoms. The number of imide groups is 1. The monoisotopic (exact) mass is 477 g/mol. The number of carbonyl (C=O) groups is 4. The Morgan fingerprint density at radius 2 is 1.89 bits per heavy atom. The molecule has 2 aliphatic rings. The summed E-state index contributed by atoms with van der Waals surface area (Å²) in [6.45, 7) is 3.06. The van der Waals surface area contributed by atoms with Crippen LogP contribution in [-0.2, 0) is 35.8 Å². The molecule has 8 heteroatoms. The zero-order chi connectivity index (χ0) is 24.8. The summed E-state index contributed by atoms with van der Waals surface area (Å²) in [5.74, 6) is -1.52. The number of esters is 1. The van der Waals surface area contributed by atoms with E-state index < -0.39 is 5.41 Å². The fraction of sp³-hybridized carbons (Fsp3) is 0.444. The number of carbonyl (C=O) groups excluding carboxylic acids is 4. The van der Waals surface area contributed by atoms with Crippen molar-refractivity contribution in [2.45, 2.75) is 44.4 Å². The number of aromatic nitrogens is 1. The zero-order valence-electron chi connectivity index (χ0n) is 20.0. The largest absolute Gasteiger partial charge is 0.466 e. The van der Waals surface area contributed by atoms with Gasteiger partial charge in [0.15, 0.2) is 0 Å². The topological polar surface area (TPSA) is 96.9 Å². The number of likely N-dealkylation sites (tertiary alicyclic amines) is 2. The molecule has 184 valence electrons. The summed E-state index contributed by atoms with van der Waals surface area (Å²) in [5.41, 5.74) is 0.196. The number of nitrogens with zero attached hydrogens (tertiary/aromatic N) is 3. The van der Waals surface area contributed by atoms with E-state index in [9.17, 15) is 19.2 Å². The average Bonchev–Trinajstić information content (AvgIpc) is 3.13. The smallest absolute Gasteiger partial charge is 0.310 e. The zero-order valence-corrected chi connectivity index (χ0v) is 20.0. The summed E-state index contributed by atoms with van der Waals surface area (Å²) in [6.07, 6.45) is 3.32. The minimum absolute atomic E-state index is 0.0566. The Bertz CT molecular complexity index is 1070. The van der Waals surface area contributed by atoms with Crippen molar-refractivity contribution in [1.29, 1.82) is 0 Å². The van der Waals surface area contributed by atoms with Crippen molar-refractivity contribution < 1.29 is 23.9 Å². The van der Waals surface area contributed by atoms with E-state index in [0.717, 1.165) is 5.69 Å². The van der Waals surface area contributed by atoms with Gasteiger partial charge in [0.25, 0.3) is 0 Å². The van der Waals surface area contributed by atoms with Crippen LogP contribution in [0.3, 0.4) is 0 Å². The first-order valence-electron chi connectivity index (χ1n) is 12.2. The van der Waals surface area contributed by atoms with Gasteiger partial charge in [0.2, 0.25) is 17.7 Å². The molecular formula is C27H31N3O5. The van der Waals surface area contributed by atoms with E-state index in [2.05, 4.69) is 4.98 Å². The number of ether oxygens (including phenoxy) is 1. The molecular weight excluding hydrogens is 446 g/mol. The molecule has 3 heterocycles. The molecule has 0 aliphatic carbocycles. The van der Waals surface area contributed by atoms with Crippen molar-refractivity contribution in [1.82, 2.24) is 14.8 Å². The maximum Gasteiger partial charge on any atom is 0.310 e. The van der Waals surface area contributed by atoms with Gasteiger partial charge in [0.1, 0.15) is 0 Å². The second-order valence-corrected chi connectivity index (χ2v) is 9.15. The van der Waals surface area contributed by atoms with Crippen LogP contribution in [0.4, 0.5) is 0 Å². The fourth-order valence-electron chi connectivity index (χ4n) is 5.05. The lowest BCUT2D eigenvalue weighted by Crippen LogP contribution is -2.47. The molecule has 0 radical (unpaired) electrons. The highest BCUT2D eigenvalue weighted by molar-refractivity contribution is 6.10. The molecule has 0 spiro atoms. The SMILES string of the molecule is CCOC(=O)[C@@H]1CCCN(C(=O)C[C@@]2(c3ccccc3)CC(=O)N(CCc3ccccn3)C2=O)C1. The van der Waals surface area contributed by atoms with E-state index in [1.165, 1.54) is 4.90 Å². The molecule has 2 saturated heterocycles. The van der Waals surface area contributed by atoms with E-state index >= 15 is 0 Å². The molecule has 0 unspecified atom stereocenters. The van der Waals surface area contributed by atoms with Gasteiger partial charge in [-0.15, -0.1) is 0 Å². The first-order valence-corrected chi connectivity index (χ1v) is 12.2. The Balaban J connectivity index is 1.54. The minimum atomic E-state index is -1.25. The predicted molar refractivity (Wildman–Crippen MR) is 128 cm³/mol. The van der Waals surface area contributed by atoms with Crippen LogP contribution >= 0.6 is 0 Å². The number of piperidine rings is 1. The van der Waals surface area contributed by atoms with Crippen molar-refractivity contribution in [3.8, 4) is 0 Å². The highest BCUT2D eigenvalue weighted by atomic mass is 16.5. The third-order valence-electron chi connectivity index (χ3n) is 6.90. The highest BCUT2D eigenvalue weighted by Gasteiger charge is 2.54. The van der Waals surface area contributed by atoms with Gasteiger partial charge in [-0.1, -0.05) is 36.4 Å². The standard InChI is InChI=1S/C27H31N3O5/c1-2-35-25(33)20-9-8-15-29(19-20)23(31)17-27(21-10-4-3-5-11-21)18-24(32)30(26(27)34)16-13-22-12-6-7-14-28-22/h3-7,10-12,14,20H,2,8-9,13,15-19H2,1H3/t20-,27+/m1/s1. The molecule has 2 aliphatic heterocycles. The Labute approximate surface area is 205 Å². The molecule has 0 saturated carbocycles. The lowest BCUT2D eigenvalue weighted by Gasteiger charge is -2.34. The van der Waals surface area contributed by atoms with Gasteiger partial charge < -0.3 is 9.64 Å². The maximum atomic E-state index is 13.8. The average molecular weight is 478 g/mol. The summed E-state index contributed by atoms with van der Waals surface area (Å²) in [4.78, 5) is 59.8. The molecule has 0 bridgehead atoms. The lowest BCUT2D eigenvalue weighted by atomic mass is 9.75. The first kappa shape index (κ1) is 24.6. The van der Waals surface area contributed by atoms with Crippen LogP contribution in [0.25, 0.3) is 0 Å². The fourth-order valence-corrected chi connectivity index (χ4v) is 5.05. The highest BCUT2D eigenvalue weighted by Crippen LogP contribution is 2.40. The lowest BCUT2D eigenvalue weighted by molar-refractivity contribution is -0.152. The Morgan fingerprint density at radius 3 is 2.60 bits per heavy atom. The Morgan fingerprint density at radius 1 is 1.11 bits per heavy atom. The van der Waals surface area contributed by atoms with Gasteiger partial charge in [-0.3, -0.25) is 29.1 Å². The summed E-state index contributed by atoms with van der Waals surface area (Å²) in [6, 6.07) is 14.6. The van der Waals surface area contributed by atoms with Crippen LogP contribution < -0.4 is 0 Å². The van der Waals surface area contributed by atoms with E-state index in [-0.39, 0.29) is 55.5 Å². The first-order chi connectivity index (χ1) is 16.9. The number of hydrogen-bond donors (Lipinski definition) is 0. The van der Waals surface area contributed by atoms with Crippen molar-refractivity contribution in [2.75, 3.05) is 26.2 Å². The van der Waals surface area contributed by atoms with Gasteiger partial charge in [-0.25, -0.2) is 0 Å². The normalized spacial score (nSPS) is 22.4. The van der Waals surface area contributed by atoms with Crippen LogP contribution in [0.2, 0.25) is 0 Å². The molecule has 3 amide bonds. The molecule has 0 N–H and O–H groups in total. The summed E-state index contributed by atoms with van der Waals surface area (Å²) < 4.78 is 5.15. The van der Waals surface area contributed by atoms with Crippen LogP contribution in [0.15, 0.2) is 54.7 Å². The maximum absolute atomic E-state index is 13.8. The third-order valence-corrected chi connectivity index (χ3v) is 6.90. The predicted octanol–water partition coefficient (Wildman–Crippen LogP) is 2.51. The van der Waals surface area contributed by atoms with E-state index in [1.807, 2.05) is 36.4 Å². The molecule has 4 rings (SSSR count). The van der Waals surface area contributed by atoms with Crippen LogP contribution in [0, 0.1) is 5.92 Å². The summed E-state index contributed by atoms with van der Waals surface area (Å²) >= 11 is 0. The quantitative estimate of drug-likeness (QED) is 0.428. The molecule has 2 aromatic rings. The third kappa shape index (κ3) is 5.26. The minimum Gasteiger partial charge on any atom is -0.466 e.